The molecule has 0 bridgehead atoms. The molecule has 7 nitrogen and oxygen atoms in total. The Labute approximate surface area is 172 Å². The fourth-order valence-corrected chi connectivity index (χ4v) is 3.90. The van der Waals surface area contributed by atoms with Gasteiger partial charge in [0.05, 0.1) is 17.7 Å². The molecule has 2 N–H and O–H groups in total. The number of nitrogens with zero attached hydrogens (tertiary/aromatic N) is 2. The number of hydrogen-bond donors (Lipinski definition) is 2. The average Bonchev–Trinajstić information content (AvgIpc) is 3.13. The summed E-state index contributed by atoms with van der Waals surface area (Å²) in [4.78, 5) is 41.8. The van der Waals surface area contributed by atoms with Crippen LogP contribution in [0.5, 0.6) is 0 Å². The second kappa shape index (κ2) is 9.60. The van der Waals surface area contributed by atoms with Gasteiger partial charge < -0.3 is 10.2 Å². The lowest BCUT2D eigenvalue weighted by molar-refractivity contribution is -0.132. The number of aromatic nitrogens is 1. The fraction of sp³-hybridized carbons (Fsp3) is 0.400. The third kappa shape index (κ3) is 5.83. The van der Waals surface area contributed by atoms with Crippen molar-refractivity contribution in [2.24, 2.45) is 5.92 Å². The molecule has 0 atom stereocenters. The number of carbonyl (C=O) groups excluding carboxylic acids is 3. The molecular formula is C20H23FN4O3S. The van der Waals surface area contributed by atoms with Gasteiger partial charge in [0.2, 0.25) is 11.8 Å². The predicted octanol–water partition coefficient (Wildman–Crippen LogP) is 2.45. The van der Waals surface area contributed by atoms with Crippen LogP contribution in [0.4, 0.5) is 9.52 Å². The number of halogens is 1. The molecule has 0 aliphatic carbocycles. The van der Waals surface area contributed by atoms with E-state index in [1.54, 1.807) is 16.3 Å². The summed E-state index contributed by atoms with van der Waals surface area (Å²) in [5.41, 5.74) is 0.520. The van der Waals surface area contributed by atoms with Crippen LogP contribution in [-0.2, 0) is 16.0 Å². The van der Waals surface area contributed by atoms with Crippen LogP contribution >= 0.6 is 11.3 Å². The lowest BCUT2D eigenvalue weighted by atomic mass is 9.96. The molecule has 0 unspecified atom stereocenters. The number of piperidine rings is 1. The average molecular weight is 418 g/mol. The molecule has 1 fully saturated rings. The van der Waals surface area contributed by atoms with Crippen LogP contribution in [0.15, 0.2) is 29.6 Å². The van der Waals surface area contributed by atoms with Gasteiger partial charge in [0, 0.05) is 31.9 Å². The SMILES string of the molecule is CC(=O)NCC1CCN(C(=O)Cc2csc(NC(=O)c3ccccc3F)n2)CC1. The van der Waals surface area contributed by atoms with Crippen LogP contribution in [-0.4, -0.2) is 47.2 Å². The smallest absolute Gasteiger partial charge is 0.260 e. The lowest BCUT2D eigenvalue weighted by Crippen LogP contribution is -2.42. The standard InChI is InChI=1S/C20H23FN4O3S/c1-13(26)22-11-14-6-8-25(9-7-14)18(27)10-15-12-29-20(23-15)24-19(28)16-4-2-3-5-17(16)21/h2-5,12,14H,6-11H2,1H3,(H,22,26)(H,23,24,28). The molecule has 1 aromatic heterocycles. The summed E-state index contributed by atoms with van der Waals surface area (Å²) in [7, 11) is 0. The summed E-state index contributed by atoms with van der Waals surface area (Å²) in [5, 5.41) is 7.44. The van der Waals surface area contributed by atoms with Crippen molar-refractivity contribution in [1.82, 2.24) is 15.2 Å². The van der Waals surface area contributed by atoms with Crippen molar-refractivity contribution in [3.05, 3.63) is 46.7 Å². The molecule has 1 saturated heterocycles. The van der Waals surface area contributed by atoms with Crippen LogP contribution in [0.25, 0.3) is 0 Å². The van der Waals surface area contributed by atoms with Crippen molar-refractivity contribution in [2.45, 2.75) is 26.2 Å². The Balaban J connectivity index is 1.49. The molecule has 0 spiro atoms. The topological polar surface area (TPSA) is 91.4 Å². The van der Waals surface area contributed by atoms with E-state index in [2.05, 4.69) is 15.6 Å². The van der Waals surface area contributed by atoms with Crippen LogP contribution in [0.1, 0.15) is 35.8 Å². The Bertz CT molecular complexity index is 893. The van der Waals surface area contributed by atoms with Gasteiger partial charge >= 0.3 is 0 Å². The van der Waals surface area contributed by atoms with Gasteiger partial charge in [0.15, 0.2) is 5.13 Å². The third-order valence-corrected chi connectivity index (χ3v) is 5.64. The summed E-state index contributed by atoms with van der Waals surface area (Å²) in [6.07, 6.45) is 1.86. The molecule has 3 amide bonds. The molecule has 2 heterocycles. The molecule has 1 aromatic carbocycles. The zero-order chi connectivity index (χ0) is 20.8. The number of carbonyl (C=O) groups is 3. The number of rotatable bonds is 6. The Morgan fingerprint density at radius 1 is 1.24 bits per heavy atom. The minimum atomic E-state index is -0.598. The lowest BCUT2D eigenvalue weighted by Gasteiger charge is -2.32. The molecule has 29 heavy (non-hydrogen) atoms. The van der Waals surface area contributed by atoms with Crippen molar-refractivity contribution in [1.29, 1.82) is 0 Å². The zero-order valence-corrected chi connectivity index (χ0v) is 16.9. The molecule has 2 aromatic rings. The van der Waals surface area contributed by atoms with E-state index >= 15 is 0 Å². The minimum absolute atomic E-state index is 0.0137. The number of hydrogen-bond acceptors (Lipinski definition) is 5. The minimum Gasteiger partial charge on any atom is -0.356 e. The molecule has 9 heteroatoms. The van der Waals surface area contributed by atoms with Crippen molar-refractivity contribution in [3.8, 4) is 0 Å². The van der Waals surface area contributed by atoms with Crippen LogP contribution in [0, 0.1) is 11.7 Å². The quantitative estimate of drug-likeness (QED) is 0.754. The van der Waals surface area contributed by atoms with Gasteiger partial charge in [-0.3, -0.25) is 19.7 Å². The van der Waals surface area contributed by atoms with Gasteiger partial charge in [-0.25, -0.2) is 9.37 Å². The first kappa shape index (κ1) is 20.9. The number of anilines is 1. The van der Waals surface area contributed by atoms with E-state index in [1.165, 1.54) is 36.5 Å². The third-order valence-electron chi connectivity index (χ3n) is 4.83. The first-order valence-electron chi connectivity index (χ1n) is 9.45. The van der Waals surface area contributed by atoms with Crippen molar-refractivity contribution in [2.75, 3.05) is 25.0 Å². The van der Waals surface area contributed by atoms with Crippen LogP contribution in [0.3, 0.4) is 0 Å². The van der Waals surface area contributed by atoms with Crippen molar-refractivity contribution in [3.63, 3.8) is 0 Å². The molecule has 1 aliphatic heterocycles. The first-order valence-corrected chi connectivity index (χ1v) is 10.3. The maximum absolute atomic E-state index is 13.7. The number of nitrogens with one attached hydrogen (secondary N) is 2. The number of benzene rings is 1. The number of amides is 3. The summed E-state index contributed by atoms with van der Waals surface area (Å²) in [5.74, 6) is -0.831. The fourth-order valence-electron chi connectivity index (χ4n) is 3.20. The van der Waals surface area contributed by atoms with E-state index in [4.69, 9.17) is 0 Å². The van der Waals surface area contributed by atoms with Gasteiger partial charge in [0.1, 0.15) is 5.82 Å². The normalized spacial score (nSPS) is 14.5. The summed E-state index contributed by atoms with van der Waals surface area (Å²) in [6.45, 7) is 3.46. The Morgan fingerprint density at radius 3 is 2.66 bits per heavy atom. The first-order chi connectivity index (χ1) is 13.9. The van der Waals surface area contributed by atoms with E-state index in [0.717, 1.165) is 12.8 Å². The van der Waals surface area contributed by atoms with Crippen LogP contribution < -0.4 is 10.6 Å². The predicted molar refractivity (Wildman–Crippen MR) is 108 cm³/mol. The van der Waals surface area contributed by atoms with E-state index in [-0.39, 0.29) is 23.8 Å². The van der Waals surface area contributed by atoms with Crippen LogP contribution in [0.2, 0.25) is 0 Å². The highest BCUT2D eigenvalue weighted by molar-refractivity contribution is 7.14. The summed E-state index contributed by atoms with van der Waals surface area (Å²) >= 11 is 1.20. The molecule has 0 saturated carbocycles. The molecule has 0 radical (unpaired) electrons. The maximum atomic E-state index is 13.7. The highest BCUT2D eigenvalue weighted by atomic mass is 32.1. The summed E-state index contributed by atoms with van der Waals surface area (Å²) < 4.78 is 13.7. The Hall–Kier alpha value is -2.81. The molecule has 154 valence electrons. The van der Waals surface area contributed by atoms with Gasteiger partial charge in [0.25, 0.3) is 5.91 Å². The highest BCUT2D eigenvalue weighted by Crippen LogP contribution is 2.20. The molecule has 1 aliphatic rings. The second-order valence-electron chi connectivity index (χ2n) is 7.02. The van der Waals surface area contributed by atoms with E-state index in [0.29, 0.717) is 36.4 Å². The van der Waals surface area contributed by atoms with Crippen molar-refractivity contribution < 1.29 is 18.8 Å². The molecule has 3 rings (SSSR count). The van der Waals surface area contributed by atoms with E-state index in [9.17, 15) is 18.8 Å². The monoisotopic (exact) mass is 418 g/mol. The number of likely N-dealkylation sites (tertiary alicyclic amines) is 1. The number of thiazole rings is 1. The van der Waals surface area contributed by atoms with Gasteiger partial charge in [-0.2, -0.15) is 0 Å². The molecular weight excluding hydrogens is 395 g/mol. The summed E-state index contributed by atoms with van der Waals surface area (Å²) in [6, 6.07) is 5.73. The largest absolute Gasteiger partial charge is 0.356 e. The van der Waals surface area contributed by atoms with Gasteiger partial charge in [-0.15, -0.1) is 11.3 Å². The van der Waals surface area contributed by atoms with E-state index in [1.807, 2.05) is 0 Å². The zero-order valence-electron chi connectivity index (χ0n) is 16.1. The maximum Gasteiger partial charge on any atom is 0.260 e. The highest BCUT2D eigenvalue weighted by Gasteiger charge is 2.23. The second-order valence-corrected chi connectivity index (χ2v) is 7.87. The van der Waals surface area contributed by atoms with Crippen molar-refractivity contribution >= 4 is 34.2 Å². The van der Waals surface area contributed by atoms with Gasteiger partial charge in [-0.1, -0.05) is 12.1 Å². The Kier molecular flexibility index (Phi) is 6.92. The van der Waals surface area contributed by atoms with E-state index < -0.39 is 11.7 Å². The Morgan fingerprint density at radius 2 is 1.97 bits per heavy atom. The van der Waals surface area contributed by atoms with Gasteiger partial charge in [-0.05, 0) is 30.9 Å².